The van der Waals surface area contributed by atoms with Gasteiger partial charge in [-0.3, -0.25) is 9.59 Å². The molecule has 0 bridgehead atoms. The van der Waals surface area contributed by atoms with Crippen LogP contribution in [-0.2, 0) is 11.2 Å². The Bertz CT molecular complexity index is 395. The average molecular weight is 190 g/mol. The van der Waals surface area contributed by atoms with Crippen LogP contribution in [-0.4, -0.2) is 16.9 Å². The van der Waals surface area contributed by atoms with Crippen molar-refractivity contribution in [3.8, 4) is 0 Å². The number of rotatable bonds is 2. The number of hydrogen-bond acceptors (Lipinski definition) is 2. The summed E-state index contributed by atoms with van der Waals surface area (Å²) in [6.45, 7) is 0. The van der Waals surface area contributed by atoms with Crippen LogP contribution in [0.2, 0.25) is 0 Å². The molecule has 0 heterocycles. The Morgan fingerprint density at radius 2 is 2.14 bits per heavy atom. The monoisotopic (exact) mass is 190 g/mol. The lowest BCUT2D eigenvalue weighted by Crippen LogP contribution is -2.13. The van der Waals surface area contributed by atoms with Gasteiger partial charge < -0.3 is 5.11 Å². The second-order valence-electron chi connectivity index (χ2n) is 3.52. The van der Waals surface area contributed by atoms with Crippen LogP contribution in [0.15, 0.2) is 24.3 Å². The van der Waals surface area contributed by atoms with Gasteiger partial charge in [-0.2, -0.15) is 0 Å². The lowest BCUT2D eigenvalue weighted by Gasteiger charge is -2.01. The Labute approximate surface area is 81.4 Å². The van der Waals surface area contributed by atoms with Crippen LogP contribution < -0.4 is 0 Å². The van der Waals surface area contributed by atoms with Crippen LogP contribution in [0.1, 0.15) is 22.3 Å². The number of aliphatic carboxylic acids is 1. The first-order chi connectivity index (χ1) is 6.68. The lowest BCUT2D eigenvalue weighted by molar-refractivity contribution is -0.137. The van der Waals surface area contributed by atoms with Crippen molar-refractivity contribution in [2.75, 3.05) is 0 Å². The maximum Gasteiger partial charge on any atom is 0.304 e. The van der Waals surface area contributed by atoms with Crippen molar-refractivity contribution in [3.63, 3.8) is 0 Å². The van der Waals surface area contributed by atoms with Crippen LogP contribution in [0, 0.1) is 5.92 Å². The summed E-state index contributed by atoms with van der Waals surface area (Å²) in [7, 11) is 0. The number of carboxylic acid groups (broad SMARTS) is 1. The Morgan fingerprint density at radius 3 is 2.79 bits per heavy atom. The van der Waals surface area contributed by atoms with Gasteiger partial charge in [-0.05, 0) is 12.0 Å². The first-order valence-corrected chi connectivity index (χ1v) is 4.52. The van der Waals surface area contributed by atoms with Crippen molar-refractivity contribution < 1.29 is 14.7 Å². The number of benzene rings is 1. The summed E-state index contributed by atoms with van der Waals surface area (Å²) in [5, 5.41) is 8.62. The molecule has 0 aromatic heterocycles. The Kier molecular flexibility index (Phi) is 2.08. The maximum absolute atomic E-state index is 11.7. The zero-order valence-corrected chi connectivity index (χ0v) is 7.56. The van der Waals surface area contributed by atoms with Gasteiger partial charge in [0.1, 0.15) is 0 Å². The number of ketones is 1. The molecule has 1 aliphatic rings. The van der Waals surface area contributed by atoms with Crippen LogP contribution >= 0.6 is 0 Å². The number of hydrogen-bond donors (Lipinski definition) is 1. The largest absolute Gasteiger partial charge is 0.481 e. The molecule has 14 heavy (non-hydrogen) atoms. The van der Waals surface area contributed by atoms with Gasteiger partial charge in [0, 0.05) is 11.5 Å². The van der Waals surface area contributed by atoms with Gasteiger partial charge in [0.2, 0.25) is 0 Å². The fourth-order valence-corrected chi connectivity index (χ4v) is 1.89. The third-order valence-electron chi connectivity index (χ3n) is 2.54. The molecule has 0 radical (unpaired) electrons. The van der Waals surface area contributed by atoms with E-state index in [0.29, 0.717) is 12.0 Å². The van der Waals surface area contributed by atoms with Crippen LogP contribution in [0.5, 0.6) is 0 Å². The topological polar surface area (TPSA) is 54.4 Å². The van der Waals surface area contributed by atoms with E-state index in [4.69, 9.17) is 5.11 Å². The lowest BCUT2D eigenvalue weighted by atomic mass is 10.0. The highest BCUT2D eigenvalue weighted by Gasteiger charge is 2.31. The van der Waals surface area contributed by atoms with E-state index in [9.17, 15) is 9.59 Å². The molecule has 1 aliphatic carbocycles. The van der Waals surface area contributed by atoms with Crippen molar-refractivity contribution in [1.82, 2.24) is 0 Å². The van der Waals surface area contributed by atoms with E-state index in [2.05, 4.69) is 0 Å². The normalized spacial score (nSPS) is 19.4. The number of carboxylic acids is 1. The number of Topliss-reactive ketones (excluding diaryl/α,β-unsaturated/α-hetero) is 1. The molecule has 1 aromatic carbocycles. The van der Waals surface area contributed by atoms with Gasteiger partial charge in [-0.1, -0.05) is 24.3 Å². The summed E-state index contributed by atoms with van der Waals surface area (Å²) in [6, 6.07) is 7.32. The molecule has 0 amide bonds. The molecule has 0 aliphatic heterocycles. The molecular weight excluding hydrogens is 180 g/mol. The molecule has 0 saturated carbocycles. The zero-order chi connectivity index (χ0) is 10.1. The molecule has 0 unspecified atom stereocenters. The second kappa shape index (κ2) is 3.25. The third kappa shape index (κ3) is 1.41. The smallest absolute Gasteiger partial charge is 0.304 e. The van der Waals surface area contributed by atoms with Gasteiger partial charge in [0.15, 0.2) is 5.78 Å². The summed E-state index contributed by atoms with van der Waals surface area (Å²) in [4.78, 5) is 22.2. The molecule has 0 saturated heterocycles. The highest BCUT2D eigenvalue weighted by atomic mass is 16.4. The predicted molar refractivity (Wildman–Crippen MR) is 50.2 cm³/mol. The molecular formula is C11H10O3. The van der Waals surface area contributed by atoms with Gasteiger partial charge >= 0.3 is 5.97 Å². The number of carbonyl (C=O) groups excluding carboxylic acids is 1. The van der Waals surface area contributed by atoms with Crippen LogP contribution in [0.4, 0.5) is 0 Å². The molecule has 3 nitrogen and oxygen atoms in total. The summed E-state index contributed by atoms with van der Waals surface area (Å²) < 4.78 is 0. The molecule has 0 fully saturated rings. The van der Waals surface area contributed by atoms with E-state index < -0.39 is 5.97 Å². The summed E-state index contributed by atoms with van der Waals surface area (Å²) in [6.07, 6.45) is 0.509. The van der Waals surface area contributed by atoms with E-state index >= 15 is 0 Å². The molecule has 3 heteroatoms. The van der Waals surface area contributed by atoms with Gasteiger partial charge in [0.05, 0.1) is 6.42 Å². The first kappa shape index (κ1) is 8.94. The van der Waals surface area contributed by atoms with Crippen molar-refractivity contribution >= 4 is 11.8 Å². The van der Waals surface area contributed by atoms with Crippen molar-refractivity contribution in [3.05, 3.63) is 35.4 Å². The van der Waals surface area contributed by atoms with E-state index in [1.165, 1.54) is 0 Å². The molecule has 72 valence electrons. The van der Waals surface area contributed by atoms with E-state index in [1.54, 1.807) is 12.1 Å². The molecule has 1 aromatic rings. The molecule has 1 N–H and O–H groups in total. The maximum atomic E-state index is 11.7. The average Bonchev–Trinajstić information content (AvgIpc) is 2.44. The fourth-order valence-electron chi connectivity index (χ4n) is 1.89. The van der Waals surface area contributed by atoms with Crippen molar-refractivity contribution in [2.24, 2.45) is 5.92 Å². The standard InChI is InChI=1S/C11H10O3/c12-10(13)6-8-5-7-3-1-2-4-9(7)11(8)14/h1-4,8H,5-6H2,(H,12,13)/t8-/m1/s1. The highest BCUT2D eigenvalue weighted by Crippen LogP contribution is 2.28. The number of fused-ring (bicyclic) bond motifs is 1. The summed E-state index contributed by atoms with van der Waals surface area (Å²) in [5.41, 5.74) is 1.67. The van der Waals surface area contributed by atoms with Crippen LogP contribution in [0.3, 0.4) is 0 Å². The predicted octanol–water partition coefficient (Wildman–Crippen LogP) is 1.52. The van der Waals surface area contributed by atoms with Gasteiger partial charge in [0.25, 0.3) is 0 Å². The quantitative estimate of drug-likeness (QED) is 0.769. The molecule has 0 spiro atoms. The van der Waals surface area contributed by atoms with Gasteiger partial charge in [-0.15, -0.1) is 0 Å². The van der Waals surface area contributed by atoms with E-state index in [-0.39, 0.29) is 18.1 Å². The SMILES string of the molecule is O=C(O)C[C@H]1Cc2ccccc2C1=O. The van der Waals surface area contributed by atoms with Crippen LogP contribution in [0.25, 0.3) is 0 Å². The van der Waals surface area contributed by atoms with Gasteiger partial charge in [-0.25, -0.2) is 0 Å². The summed E-state index contributed by atoms with van der Waals surface area (Å²) in [5.74, 6) is -1.29. The first-order valence-electron chi connectivity index (χ1n) is 4.52. The number of carbonyl (C=O) groups is 2. The molecule has 2 rings (SSSR count). The minimum absolute atomic E-state index is 0.0250. The Morgan fingerprint density at radius 1 is 1.43 bits per heavy atom. The zero-order valence-electron chi connectivity index (χ0n) is 7.56. The second-order valence-corrected chi connectivity index (χ2v) is 3.52. The fraction of sp³-hybridized carbons (Fsp3) is 0.273. The van der Waals surface area contributed by atoms with E-state index in [1.807, 2.05) is 12.1 Å². The van der Waals surface area contributed by atoms with E-state index in [0.717, 1.165) is 5.56 Å². The Hall–Kier alpha value is -1.64. The van der Waals surface area contributed by atoms with Crippen molar-refractivity contribution in [1.29, 1.82) is 0 Å². The highest BCUT2D eigenvalue weighted by molar-refractivity contribution is 6.03. The minimum Gasteiger partial charge on any atom is -0.481 e. The molecule has 1 atom stereocenters. The Balaban J connectivity index is 2.26. The van der Waals surface area contributed by atoms with Crippen molar-refractivity contribution in [2.45, 2.75) is 12.8 Å². The summed E-state index contributed by atoms with van der Waals surface area (Å²) >= 11 is 0. The third-order valence-corrected chi connectivity index (χ3v) is 2.54. The minimum atomic E-state index is -0.906.